The molecule has 1 aromatic rings. The third-order valence-electron chi connectivity index (χ3n) is 3.06. The zero-order valence-corrected chi connectivity index (χ0v) is 15.8. The van der Waals surface area contributed by atoms with Crippen molar-refractivity contribution in [3.8, 4) is 0 Å². The van der Waals surface area contributed by atoms with Gasteiger partial charge in [-0.3, -0.25) is 14.1 Å². The number of ether oxygens (including phenoxy) is 1. The largest absolute Gasteiger partial charge is 0.459 e. The zero-order chi connectivity index (χ0) is 20.0. The van der Waals surface area contributed by atoms with Gasteiger partial charge < -0.3 is 15.4 Å². The number of carbonyl (C=O) groups is 2. The minimum Gasteiger partial charge on any atom is -0.459 e. The molecule has 9 nitrogen and oxygen atoms in total. The Hall–Kier alpha value is -2.01. The van der Waals surface area contributed by atoms with E-state index in [-0.39, 0.29) is 12.1 Å². The van der Waals surface area contributed by atoms with Crippen molar-refractivity contribution in [2.75, 3.05) is 19.7 Å². The number of hydrogen-bond acceptors (Lipinski definition) is 7. The molecule has 0 aliphatic rings. The van der Waals surface area contributed by atoms with Crippen LogP contribution in [0.5, 0.6) is 0 Å². The van der Waals surface area contributed by atoms with Gasteiger partial charge in [-0.25, -0.2) is 4.18 Å². The Morgan fingerprint density at radius 2 is 1.77 bits per heavy atom. The predicted octanol–water partition coefficient (Wildman–Crippen LogP) is 0.749. The van der Waals surface area contributed by atoms with Crippen molar-refractivity contribution in [3.63, 3.8) is 0 Å². The highest BCUT2D eigenvalue weighted by Gasteiger charge is 2.23. The van der Waals surface area contributed by atoms with Gasteiger partial charge in [0.25, 0.3) is 5.91 Å². The van der Waals surface area contributed by atoms with Gasteiger partial charge in [-0.2, -0.15) is 8.42 Å². The Balaban J connectivity index is 2.89. The molecule has 0 fully saturated rings. The molecule has 0 saturated carbocycles. The summed E-state index contributed by atoms with van der Waals surface area (Å²) in [5.74, 6) is -1.17. The fourth-order valence-electron chi connectivity index (χ4n) is 2.00. The summed E-state index contributed by atoms with van der Waals surface area (Å²) >= 11 is 0. The van der Waals surface area contributed by atoms with Crippen LogP contribution in [0.1, 0.15) is 36.7 Å². The number of benzene rings is 1. The molecule has 0 aliphatic heterocycles. The number of nitrogens with two attached hydrogens (primary N) is 1. The lowest BCUT2D eigenvalue weighted by Gasteiger charge is -2.25. The van der Waals surface area contributed by atoms with Crippen molar-refractivity contribution < 1.29 is 31.5 Å². The topological polar surface area (TPSA) is 136 Å². The molecule has 3 N–H and O–H groups in total. The Kier molecular flexibility index (Phi) is 7.69. The molecule has 0 spiro atoms. The van der Waals surface area contributed by atoms with E-state index in [9.17, 15) is 18.0 Å². The molecule has 0 saturated heterocycles. The van der Waals surface area contributed by atoms with Crippen LogP contribution in [0.25, 0.3) is 0 Å². The van der Waals surface area contributed by atoms with Crippen LogP contribution in [0.15, 0.2) is 24.3 Å². The van der Waals surface area contributed by atoms with Crippen LogP contribution in [0.4, 0.5) is 0 Å². The SMILES string of the molecule is CC(C)(C)OC(=O)CN(CCOS(=O)(=O)O)C(=O)c1ccc(CN)cc1. The summed E-state index contributed by atoms with van der Waals surface area (Å²) in [5.41, 5.74) is 5.89. The number of rotatable bonds is 8. The van der Waals surface area contributed by atoms with Crippen LogP contribution in [0.2, 0.25) is 0 Å². The molecule has 1 rings (SSSR count). The molecule has 0 aliphatic carbocycles. The van der Waals surface area contributed by atoms with Gasteiger partial charge in [0.2, 0.25) is 0 Å². The van der Waals surface area contributed by atoms with E-state index in [4.69, 9.17) is 15.0 Å². The summed E-state index contributed by atoms with van der Waals surface area (Å²) in [6.45, 7) is 4.23. The maximum Gasteiger partial charge on any atom is 0.397 e. The van der Waals surface area contributed by atoms with Gasteiger partial charge in [0.05, 0.1) is 6.61 Å². The summed E-state index contributed by atoms with van der Waals surface area (Å²) in [6.07, 6.45) is 0. The molecule has 0 atom stereocenters. The van der Waals surface area contributed by atoms with E-state index in [1.807, 2.05) is 0 Å². The van der Waals surface area contributed by atoms with Crippen LogP contribution < -0.4 is 5.73 Å². The Bertz CT molecular complexity index is 724. The highest BCUT2D eigenvalue weighted by molar-refractivity contribution is 7.80. The summed E-state index contributed by atoms with van der Waals surface area (Å²) < 4.78 is 39.4. The van der Waals surface area contributed by atoms with E-state index in [1.54, 1.807) is 45.0 Å². The summed E-state index contributed by atoms with van der Waals surface area (Å²) in [7, 11) is -4.64. The number of nitrogens with zero attached hydrogens (tertiary/aromatic N) is 1. The fourth-order valence-corrected chi connectivity index (χ4v) is 2.29. The molecular formula is C16H24N2O7S. The van der Waals surface area contributed by atoms with E-state index in [0.717, 1.165) is 10.5 Å². The minimum absolute atomic E-state index is 0.240. The van der Waals surface area contributed by atoms with Crippen LogP contribution in [0.3, 0.4) is 0 Å². The standard InChI is InChI=1S/C16H24N2O7S/c1-16(2,3)25-14(19)11-18(8-9-24-26(21,22)23)15(20)13-6-4-12(10-17)5-7-13/h4-7H,8-11,17H2,1-3H3,(H,21,22,23). The second-order valence-corrected chi connectivity index (χ2v) is 7.56. The minimum atomic E-state index is -4.64. The Morgan fingerprint density at radius 3 is 2.23 bits per heavy atom. The average molecular weight is 388 g/mol. The van der Waals surface area contributed by atoms with Crippen molar-refractivity contribution in [1.29, 1.82) is 0 Å². The third kappa shape index (κ3) is 8.39. The molecular weight excluding hydrogens is 364 g/mol. The number of amides is 1. The van der Waals surface area contributed by atoms with Crippen molar-refractivity contribution in [2.45, 2.75) is 32.9 Å². The van der Waals surface area contributed by atoms with Gasteiger partial charge in [-0.15, -0.1) is 0 Å². The molecule has 1 amide bonds. The van der Waals surface area contributed by atoms with Crippen LogP contribution in [-0.2, 0) is 30.7 Å². The molecule has 10 heteroatoms. The van der Waals surface area contributed by atoms with Crippen molar-refractivity contribution >= 4 is 22.3 Å². The summed E-state index contributed by atoms with van der Waals surface area (Å²) in [6, 6.07) is 6.45. The molecule has 146 valence electrons. The molecule has 0 unspecified atom stereocenters. The number of hydrogen-bond donors (Lipinski definition) is 2. The maximum atomic E-state index is 12.6. The van der Waals surface area contributed by atoms with E-state index in [1.165, 1.54) is 0 Å². The monoisotopic (exact) mass is 388 g/mol. The highest BCUT2D eigenvalue weighted by atomic mass is 32.3. The first-order valence-corrected chi connectivity index (χ1v) is 9.20. The molecule has 0 aromatic heterocycles. The smallest absolute Gasteiger partial charge is 0.397 e. The molecule has 0 radical (unpaired) electrons. The zero-order valence-electron chi connectivity index (χ0n) is 15.0. The first-order chi connectivity index (χ1) is 11.9. The summed E-state index contributed by atoms with van der Waals surface area (Å²) in [4.78, 5) is 25.7. The lowest BCUT2D eigenvalue weighted by atomic mass is 10.1. The molecule has 0 bridgehead atoms. The van der Waals surface area contributed by atoms with Crippen molar-refractivity contribution in [2.24, 2.45) is 5.73 Å². The van der Waals surface area contributed by atoms with Crippen molar-refractivity contribution in [1.82, 2.24) is 4.90 Å². The van der Waals surface area contributed by atoms with Crippen molar-refractivity contribution in [3.05, 3.63) is 35.4 Å². The normalized spacial score (nSPS) is 11.9. The fraction of sp³-hybridized carbons (Fsp3) is 0.500. The quantitative estimate of drug-likeness (QED) is 0.492. The Labute approximate surface area is 153 Å². The Morgan fingerprint density at radius 1 is 1.19 bits per heavy atom. The number of esters is 1. The number of carbonyl (C=O) groups excluding carboxylic acids is 2. The van der Waals surface area contributed by atoms with Crippen LogP contribution in [0, 0.1) is 0 Å². The van der Waals surface area contributed by atoms with Gasteiger partial charge in [0.1, 0.15) is 12.1 Å². The van der Waals surface area contributed by atoms with Gasteiger partial charge in [0.15, 0.2) is 0 Å². The second-order valence-electron chi connectivity index (χ2n) is 6.46. The van der Waals surface area contributed by atoms with Gasteiger partial charge in [0, 0.05) is 18.7 Å². The second kappa shape index (κ2) is 9.08. The first kappa shape index (κ1) is 22.0. The summed E-state index contributed by atoms with van der Waals surface area (Å²) in [5, 5.41) is 0. The lowest BCUT2D eigenvalue weighted by Crippen LogP contribution is -2.40. The average Bonchev–Trinajstić information content (AvgIpc) is 2.50. The van der Waals surface area contributed by atoms with E-state index < -0.39 is 41.0 Å². The molecule has 1 aromatic carbocycles. The predicted molar refractivity (Wildman–Crippen MR) is 93.6 cm³/mol. The van der Waals surface area contributed by atoms with Gasteiger partial charge in [-0.1, -0.05) is 12.1 Å². The maximum absolute atomic E-state index is 12.6. The lowest BCUT2D eigenvalue weighted by molar-refractivity contribution is -0.155. The van der Waals surface area contributed by atoms with Crippen LogP contribution in [-0.4, -0.2) is 55.0 Å². The van der Waals surface area contributed by atoms with Crippen LogP contribution >= 0.6 is 0 Å². The highest BCUT2D eigenvalue weighted by Crippen LogP contribution is 2.11. The van der Waals surface area contributed by atoms with E-state index >= 15 is 0 Å². The molecule has 26 heavy (non-hydrogen) atoms. The third-order valence-corrected chi connectivity index (χ3v) is 3.52. The van der Waals surface area contributed by atoms with Gasteiger partial charge in [-0.05, 0) is 38.5 Å². The van der Waals surface area contributed by atoms with E-state index in [2.05, 4.69) is 4.18 Å². The molecule has 0 heterocycles. The van der Waals surface area contributed by atoms with E-state index in [0.29, 0.717) is 6.54 Å². The van der Waals surface area contributed by atoms with Gasteiger partial charge >= 0.3 is 16.4 Å². The first-order valence-electron chi connectivity index (χ1n) is 7.83.